The average Bonchev–Trinajstić information content (AvgIpc) is 2.17. The fourth-order valence-electron chi connectivity index (χ4n) is 1.61. The maximum absolute atomic E-state index is 11.8. The van der Waals surface area contributed by atoms with Gasteiger partial charge in [0.1, 0.15) is 0 Å². The summed E-state index contributed by atoms with van der Waals surface area (Å²) in [6.07, 6.45) is 1.37. The quantitative estimate of drug-likeness (QED) is 0.636. The Bertz CT molecular complexity index is 258. The van der Waals surface area contributed by atoms with Crippen molar-refractivity contribution in [3.8, 4) is 0 Å². The fourth-order valence-corrected chi connectivity index (χ4v) is 3.75. The monoisotopic (exact) mass is 251 g/mol. The zero-order valence-corrected chi connectivity index (χ0v) is 11.4. The van der Waals surface area contributed by atoms with Crippen LogP contribution in [0.15, 0.2) is 0 Å². The lowest BCUT2D eigenvalue weighted by atomic mass is 10.2. The van der Waals surface area contributed by atoms with E-state index in [1.165, 1.54) is 0 Å². The van der Waals surface area contributed by atoms with E-state index in [1.54, 1.807) is 0 Å². The van der Waals surface area contributed by atoms with Crippen LogP contribution in [0.3, 0.4) is 0 Å². The molecule has 0 aromatic rings. The van der Waals surface area contributed by atoms with Gasteiger partial charge in [0.2, 0.25) is 0 Å². The molecule has 0 amide bonds. The molecule has 16 heavy (non-hydrogen) atoms. The van der Waals surface area contributed by atoms with Crippen molar-refractivity contribution in [2.75, 3.05) is 24.7 Å². The van der Waals surface area contributed by atoms with Gasteiger partial charge in [-0.2, -0.15) is 0 Å². The summed E-state index contributed by atoms with van der Waals surface area (Å²) >= 11 is 0. The summed E-state index contributed by atoms with van der Waals surface area (Å²) in [6.45, 7) is 6.63. The number of hydrogen-bond donors (Lipinski definition) is 2. The van der Waals surface area contributed by atoms with Gasteiger partial charge in [0.05, 0.1) is 11.5 Å². The van der Waals surface area contributed by atoms with Crippen LogP contribution in [0.5, 0.6) is 0 Å². The van der Waals surface area contributed by atoms with Gasteiger partial charge in [0.15, 0.2) is 9.84 Å². The van der Waals surface area contributed by atoms with E-state index in [9.17, 15) is 8.42 Å². The van der Waals surface area contributed by atoms with Gasteiger partial charge < -0.3 is 10.4 Å². The van der Waals surface area contributed by atoms with Gasteiger partial charge in [-0.1, -0.05) is 27.2 Å². The SMILES string of the molecule is CCNC(CCO)CS(=O)(=O)CC(C)CC. The molecule has 98 valence electrons. The van der Waals surface area contributed by atoms with Crippen LogP contribution in [-0.2, 0) is 9.84 Å². The number of sulfone groups is 1. The maximum Gasteiger partial charge on any atom is 0.152 e. The molecule has 0 aliphatic rings. The van der Waals surface area contributed by atoms with E-state index in [2.05, 4.69) is 5.32 Å². The smallest absolute Gasteiger partial charge is 0.152 e. The second-order valence-electron chi connectivity index (χ2n) is 4.36. The molecule has 0 aliphatic carbocycles. The van der Waals surface area contributed by atoms with Crippen LogP contribution >= 0.6 is 0 Å². The molecule has 0 radical (unpaired) electrons. The highest BCUT2D eigenvalue weighted by molar-refractivity contribution is 7.91. The zero-order valence-electron chi connectivity index (χ0n) is 10.6. The van der Waals surface area contributed by atoms with Crippen molar-refractivity contribution in [1.29, 1.82) is 0 Å². The summed E-state index contributed by atoms with van der Waals surface area (Å²) < 4.78 is 23.7. The van der Waals surface area contributed by atoms with Gasteiger partial charge in [-0.25, -0.2) is 8.42 Å². The molecule has 2 N–H and O–H groups in total. The van der Waals surface area contributed by atoms with Crippen molar-refractivity contribution >= 4 is 9.84 Å². The van der Waals surface area contributed by atoms with Crippen LogP contribution in [0.1, 0.15) is 33.6 Å². The summed E-state index contributed by atoms with van der Waals surface area (Å²) in [7, 11) is -3.01. The average molecular weight is 251 g/mol. The van der Waals surface area contributed by atoms with Crippen molar-refractivity contribution in [3.63, 3.8) is 0 Å². The molecular weight excluding hydrogens is 226 g/mol. The predicted octanol–water partition coefficient (Wildman–Crippen LogP) is 0.808. The lowest BCUT2D eigenvalue weighted by Gasteiger charge is -2.18. The minimum absolute atomic E-state index is 0.0243. The number of nitrogens with one attached hydrogen (secondary N) is 1. The Morgan fingerprint density at radius 1 is 1.25 bits per heavy atom. The molecule has 0 bridgehead atoms. The van der Waals surface area contributed by atoms with E-state index in [0.717, 1.165) is 13.0 Å². The Hall–Kier alpha value is -0.130. The minimum atomic E-state index is -3.01. The Kier molecular flexibility index (Phi) is 7.97. The van der Waals surface area contributed by atoms with Gasteiger partial charge in [-0.3, -0.25) is 0 Å². The number of rotatable bonds is 9. The van der Waals surface area contributed by atoms with Gasteiger partial charge in [0.25, 0.3) is 0 Å². The predicted molar refractivity (Wildman–Crippen MR) is 67.3 cm³/mol. The van der Waals surface area contributed by atoms with Gasteiger partial charge in [0, 0.05) is 12.6 Å². The van der Waals surface area contributed by atoms with E-state index in [0.29, 0.717) is 6.42 Å². The van der Waals surface area contributed by atoms with Gasteiger partial charge in [-0.05, 0) is 18.9 Å². The van der Waals surface area contributed by atoms with Gasteiger partial charge in [-0.15, -0.1) is 0 Å². The van der Waals surface area contributed by atoms with Crippen molar-refractivity contribution in [2.45, 2.75) is 39.7 Å². The third-order valence-corrected chi connectivity index (χ3v) is 4.65. The fraction of sp³-hybridized carbons (Fsp3) is 1.00. The van der Waals surface area contributed by atoms with Crippen LogP contribution in [0.25, 0.3) is 0 Å². The summed E-state index contributed by atoms with van der Waals surface area (Å²) in [5.74, 6) is 0.587. The normalized spacial score (nSPS) is 16.0. The van der Waals surface area contributed by atoms with Crippen molar-refractivity contribution in [2.24, 2.45) is 5.92 Å². The lowest BCUT2D eigenvalue weighted by molar-refractivity contribution is 0.270. The molecule has 0 fully saturated rings. The summed E-state index contributed by atoms with van der Waals surface area (Å²) in [5, 5.41) is 11.9. The van der Waals surface area contributed by atoms with E-state index in [-0.39, 0.29) is 30.1 Å². The molecule has 0 aromatic heterocycles. The molecule has 0 rings (SSSR count). The Labute approximate surface area is 99.4 Å². The molecule has 2 atom stereocenters. The van der Waals surface area contributed by atoms with Crippen molar-refractivity contribution < 1.29 is 13.5 Å². The third kappa shape index (κ3) is 7.19. The first-order valence-electron chi connectivity index (χ1n) is 5.99. The Morgan fingerprint density at radius 3 is 2.31 bits per heavy atom. The second kappa shape index (κ2) is 8.03. The minimum Gasteiger partial charge on any atom is -0.396 e. The zero-order chi connectivity index (χ0) is 12.6. The van der Waals surface area contributed by atoms with E-state index >= 15 is 0 Å². The Balaban J connectivity index is 4.29. The maximum atomic E-state index is 11.8. The molecule has 0 aromatic carbocycles. The first-order chi connectivity index (χ1) is 7.45. The van der Waals surface area contributed by atoms with Crippen LogP contribution in [0, 0.1) is 5.92 Å². The first kappa shape index (κ1) is 15.9. The molecule has 0 saturated heterocycles. The highest BCUT2D eigenvalue weighted by Crippen LogP contribution is 2.08. The van der Waals surface area contributed by atoms with Gasteiger partial charge >= 0.3 is 0 Å². The van der Waals surface area contributed by atoms with Crippen LogP contribution < -0.4 is 5.32 Å². The van der Waals surface area contributed by atoms with E-state index in [1.807, 2.05) is 20.8 Å². The summed E-state index contributed by atoms with van der Waals surface area (Å²) in [5.41, 5.74) is 0. The van der Waals surface area contributed by atoms with Crippen molar-refractivity contribution in [3.05, 3.63) is 0 Å². The molecule has 0 heterocycles. The van der Waals surface area contributed by atoms with Crippen molar-refractivity contribution in [1.82, 2.24) is 5.32 Å². The first-order valence-corrected chi connectivity index (χ1v) is 7.82. The molecule has 2 unspecified atom stereocenters. The lowest BCUT2D eigenvalue weighted by Crippen LogP contribution is -2.37. The molecule has 0 saturated carbocycles. The largest absolute Gasteiger partial charge is 0.396 e. The van der Waals surface area contributed by atoms with E-state index < -0.39 is 9.84 Å². The van der Waals surface area contributed by atoms with Crippen LogP contribution in [-0.4, -0.2) is 44.2 Å². The van der Waals surface area contributed by atoms with Crippen LogP contribution in [0.4, 0.5) is 0 Å². The highest BCUT2D eigenvalue weighted by Gasteiger charge is 2.20. The highest BCUT2D eigenvalue weighted by atomic mass is 32.2. The molecule has 0 aliphatic heterocycles. The summed E-state index contributed by atoms with van der Waals surface area (Å²) in [4.78, 5) is 0. The molecule has 0 spiro atoms. The number of aliphatic hydroxyl groups excluding tert-OH is 1. The number of aliphatic hydroxyl groups is 1. The van der Waals surface area contributed by atoms with Crippen LogP contribution in [0.2, 0.25) is 0 Å². The third-order valence-electron chi connectivity index (χ3n) is 2.66. The molecule has 5 heteroatoms. The molecular formula is C11H25NO3S. The standard InChI is InChI=1S/C11H25NO3S/c1-4-10(3)8-16(14,15)9-11(6-7-13)12-5-2/h10-13H,4-9H2,1-3H3. The summed E-state index contributed by atoms with van der Waals surface area (Å²) in [6, 6.07) is -0.121. The molecule has 4 nitrogen and oxygen atoms in total. The van der Waals surface area contributed by atoms with E-state index in [4.69, 9.17) is 5.11 Å². The second-order valence-corrected chi connectivity index (χ2v) is 6.51. The Morgan fingerprint density at radius 2 is 1.88 bits per heavy atom. The topological polar surface area (TPSA) is 66.4 Å². The number of hydrogen-bond acceptors (Lipinski definition) is 4.